The van der Waals surface area contributed by atoms with Crippen LogP contribution in [0.25, 0.3) is 0 Å². The zero-order valence-electron chi connectivity index (χ0n) is 26.0. The van der Waals surface area contributed by atoms with Crippen molar-refractivity contribution in [2.75, 3.05) is 0 Å². The molecule has 1 aromatic carbocycles. The van der Waals surface area contributed by atoms with Crippen LogP contribution in [0, 0.1) is 63.6 Å². The summed E-state index contributed by atoms with van der Waals surface area (Å²) in [4.78, 5) is 0. The van der Waals surface area contributed by atoms with Crippen LogP contribution in [0.2, 0.25) is 0 Å². The van der Waals surface area contributed by atoms with E-state index in [9.17, 15) is 0 Å². The van der Waals surface area contributed by atoms with Crippen LogP contribution in [0.1, 0.15) is 93.6 Å². The molecule has 0 radical (unpaired) electrons. The Kier molecular flexibility index (Phi) is 7.06. The van der Waals surface area contributed by atoms with E-state index in [1.807, 2.05) is 0 Å². The fraction of sp³-hybridized carbons (Fsp3) is 0.632. The highest BCUT2D eigenvalue weighted by Crippen LogP contribution is 2.62. The first-order valence-corrected chi connectivity index (χ1v) is 15.5. The van der Waals surface area contributed by atoms with Gasteiger partial charge in [-0.05, 0) is 99.1 Å². The molecule has 0 spiro atoms. The normalized spacial score (nSPS) is 35.9. The topological polar surface area (TPSA) is 0 Å². The van der Waals surface area contributed by atoms with E-state index in [0.717, 1.165) is 17.8 Å². The van der Waals surface area contributed by atoms with Gasteiger partial charge in [0.25, 0.3) is 0 Å². The molecule has 206 valence electrons. The third-order valence-corrected chi connectivity index (χ3v) is 10.9. The molecule has 0 heteroatoms. The van der Waals surface area contributed by atoms with E-state index in [2.05, 4.69) is 136 Å². The minimum atomic E-state index is 0.189. The van der Waals surface area contributed by atoms with E-state index in [0.29, 0.717) is 40.9 Å². The van der Waals surface area contributed by atoms with E-state index < -0.39 is 0 Å². The molecule has 1 aromatic rings. The predicted molar refractivity (Wildman–Crippen MR) is 165 cm³/mol. The number of fused-ring (bicyclic) bond motifs is 3. The Hall–Kier alpha value is -1.82. The standard InChI is InChI=1S/C38H54/c1-24-20-28(38(8,9)10)23-31(24)34(25-14-12-11-13-15-25)35-29-18-16-26(36(2,3)4)21-32(29)33-22-27(37(5,6)7)17-19-30(33)35/h11-19,21-22,24,28-35H,20,23H2,1-10H3/t24-,28-,29?,30?,31?,32?,33?,34-,35?/m1/s1. The lowest BCUT2D eigenvalue weighted by molar-refractivity contribution is 0.195. The van der Waals surface area contributed by atoms with Gasteiger partial charge in [-0.3, -0.25) is 0 Å². The summed E-state index contributed by atoms with van der Waals surface area (Å²) in [5, 5.41) is 0. The van der Waals surface area contributed by atoms with E-state index >= 15 is 0 Å². The first-order chi connectivity index (χ1) is 17.7. The number of hydrogen-bond donors (Lipinski definition) is 0. The SMILES string of the molecule is C[C@@H]1C[C@@H](C(C)(C)C)CC1[C@@H](c1ccccc1)C1C2C=CC(C(C)(C)C)=CC2C2C=C(C(C)(C)C)C=CC21. The molecule has 0 aliphatic heterocycles. The fourth-order valence-electron chi connectivity index (χ4n) is 8.59. The van der Waals surface area contributed by atoms with Gasteiger partial charge in [0, 0.05) is 0 Å². The first kappa shape index (κ1) is 27.7. The Balaban J connectivity index is 1.62. The van der Waals surface area contributed by atoms with Crippen molar-refractivity contribution in [3.63, 3.8) is 0 Å². The minimum Gasteiger partial charge on any atom is -0.0802 e. The van der Waals surface area contributed by atoms with Gasteiger partial charge in [0.2, 0.25) is 0 Å². The molecule has 2 saturated carbocycles. The number of hydrogen-bond acceptors (Lipinski definition) is 0. The Bertz CT molecular complexity index is 1070. The zero-order chi connectivity index (χ0) is 27.6. The number of allylic oxidation sites excluding steroid dienone is 8. The molecular weight excluding hydrogens is 456 g/mol. The summed E-state index contributed by atoms with van der Waals surface area (Å²) >= 11 is 0. The average Bonchev–Trinajstić information content (AvgIpc) is 3.37. The molecule has 0 heterocycles. The summed E-state index contributed by atoms with van der Waals surface area (Å²) in [6.07, 6.45) is 18.5. The molecule has 38 heavy (non-hydrogen) atoms. The van der Waals surface area contributed by atoms with Crippen molar-refractivity contribution in [2.45, 2.75) is 88.0 Å². The van der Waals surface area contributed by atoms with Gasteiger partial charge in [0.1, 0.15) is 0 Å². The van der Waals surface area contributed by atoms with Gasteiger partial charge in [-0.1, -0.05) is 136 Å². The van der Waals surface area contributed by atoms with Crippen molar-refractivity contribution >= 4 is 0 Å². The van der Waals surface area contributed by atoms with Crippen LogP contribution in [0.3, 0.4) is 0 Å². The van der Waals surface area contributed by atoms with Gasteiger partial charge in [0.15, 0.2) is 0 Å². The van der Waals surface area contributed by atoms with Crippen molar-refractivity contribution in [1.82, 2.24) is 0 Å². The molecule has 5 rings (SSSR count). The lowest BCUT2D eigenvalue weighted by Crippen LogP contribution is -2.31. The molecule has 0 bridgehead atoms. The smallest absolute Gasteiger partial charge is 0.00909 e. The Morgan fingerprint density at radius 2 is 1.16 bits per heavy atom. The van der Waals surface area contributed by atoms with Crippen LogP contribution in [-0.4, -0.2) is 0 Å². The highest BCUT2D eigenvalue weighted by atomic mass is 14.6. The third kappa shape index (κ3) is 5.07. The maximum Gasteiger partial charge on any atom is -0.00909 e. The molecular formula is C38H54. The van der Waals surface area contributed by atoms with Gasteiger partial charge in [0.05, 0.1) is 0 Å². The molecule has 4 aliphatic rings. The third-order valence-electron chi connectivity index (χ3n) is 10.9. The Morgan fingerprint density at radius 3 is 1.58 bits per heavy atom. The lowest BCUT2D eigenvalue weighted by Gasteiger charge is -2.39. The molecule has 0 saturated heterocycles. The van der Waals surface area contributed by atoms with Crippen molar-refractivity contribution in [3.05, 3.63) is 83.5 Å². The van der Waals surface area contributed by atoms with Gasteiger partial charge >= 0.3 is 0 Å². The number of benzene rings is 1. The summed E-state index contributed by atoms with van der Waals surface area (Å²) in [7, 11) is 0. The Morgan fingerprint density at radius 1 is 0.658 bits per heavy atom. The molecule has 2 fully saturated rings. The van der Waals surface area contributed by atoms with Crippen LogP contribution in [-0.2, 0) is 0 Å². The van der Waals surface area contributed by atoms with Gasteiger partial charge in [-0.25, -0.2) is 0 Å². The molecule has 0 nitrogen and oxygen atoms in total. The second-order valence-electron chi connectivity index (χ2n) is 16.5. The van der Waals surface area contributed by atoms with Crippen molar-refractivity contribution < 1.29 is 0 Å². The van der Waals surface area contributed by atoms with Crippen LogP contribution < -0.4 is 0 Å². The average molecular weight is 511 g/mol. The maximum absolute atomic E-state index is 2.70. The lowest BCUT2D eigenvalue weighted by atomic mass is 9.64. The van der Waals surface area contributed by atoms with E-state index in [1.165, 1.54) is 24.0 Å². The highest BCUT2D eigenvalue weighted by molar-refractivity contribution is 5.40. The summed E-state index contributed by atoms with van der Waals surface area (Å²) in [5.41, 5.74) is 5.40. The Labute approximate surface area is 234 Å². The summed E-state index contributed by atoms with van der Waals surface area (Å²) in [6, 6.07) is 11.7. The largest absolute Gasteiger partial charge is 0.0802 e. The molecule has 5 unspecified atom stereocenters. The second-order valence-corrected chi connectivity index (χ2v) is 16.5. The van der Waals surface area contributed by atoms with Crippen molar-refractivity contribution in [2.24, 2.45) is 63.6 Å². The first-order valence-electron chi connectivity index (χ1n) is 15.5. The van der Waals surface area contributed by atoms with E-state index in [-0.39, 0.29) is 10.8 Å². The minimum absolute atomic E-state index is 0.189. The van der Waals surface area contributed by atoms with Gasteiger partial charge < -0.3 is 0 Å². The molecule has 0 aromatic heterocycles. The molecule has 4 aliphatic carbocycles. The predicted octanol–water partition coefficient (Wildman–Crippen LogP) is 10.7. The van der Waals surface area contributed by atoms with Crippen molar-refractivity contribution in [3.8, 4) is 0 Å². The van der Waals surface area contributed by atoms with Crippen LogP contribution >= 0.6 is 0 Å². The second kappa shape index (κ2) is 9.67. The quantitative estimate of drug-likeness (QED) is 0.379. The molecule has 0 N–H and O–H groups in total. The van der Waals surface area contributed by atoms with Crippen LogP contribution in [0.5, 0.6) is 0 Å². The van der Waals surface area contributed by atoms with E-state index in [1.54, 1.807) is 5.56 Å². The molecule has 8 atom stereocenters. The van der Waals surface area contributed by atoms with Gasteiger partial charge in [-0.15, -0.1) is 0 Å². The van der Waals surface area contributed by atoms with Crippen molar-refractivity contribution in [1.29, 1.82) is 0 Å². The van der Waals surface area contributed by atoms with Crippen LogP contribution in [0.4, 0.5) is 0 Å². The summed E-state index contributed by atoms with van der Waals surface area (Å²) < 4.78 is 0. The molecule has 0 amide bonds. The monoisotopic (exact) mass is 510 g/mol. The maximum atomic E-state index is 2.70. The highest BCUT2D eigenvalue weighted by Gasteiger charge is 2.55. The van der Waals surface area contributed by atoms with Crippen LogP contribution in [0.15, 0.2) is 77.9 Å². The zero-order valence-corrected chi connectivity index (χ0v) is 26.0. The van der Waals surface area contributed by atoms with Gasteiger partial charge in [-0.2, -0.15) is 0 Å². The van der Waals surface area contributed by atoms with E-state index in [4.69, 9.17) is 0 Å². The fourth-order valence-corrected chi connectivity index (χ4v) is 8.59. The summed E-state index contributed by atoms with van der Waals surface area (Å²) in [6.45, 7) is 24.3. The number of rotatable bonds is 3. The summed E-state index contributed by atoms with van der Waals surface area (Å²) in [5.74, 6) is 5.94.